The van der Waals surface area contributed by atoms with Crippen LogP contribution in [-0.4, -0.2) is 27.8 Å². The number of nitrogens with zero attached hydrogens (tertiary/aromatic N) is 2. The molecule has 174 valence electrons. The van der Waals surface area contributed by atoms with Crippen molar-refractivity contribution in [3.8, 4) is 5.69 Å². The number of rotatable bonds is 6. The molecular weight excluding hydrogens is 435 g/mol. The quantitative estimate of drug-likeness (QED) is 0.501. The summed E-state index contributed by atoms with van der Waals surface area (Å²) in [5, 5.41) is 11.7. The van der Waals surface area contributed by atoms with Crippen LogP contribution in [0.25, 0.3) is 5.69 Å². The molecule has 0 saturated carbocycles. The summed E-state index contributed by atoms with van der Waals surface area (Å²) < 4.78 is 42.1. The van der Waals surface area contributed by atoms with Crippen LogP contribution in [0.5, 0.6) is 0 Å². The molecule has 0 fully saturated rings. The Hall–Kier alpha value is -3.82. The maximum atomic E-state index is 13.8. The summed E-state index contributed by atoms with van der Waals surface area (Å²) in [6, 6.07) is 12.6. The zero-order valence-corrected chi connectivity index (χ0v) is 18.3. The number of nitrogens with one attached hydrogen (secondary N) is 3. The topological polar surface area (TPSA) is 88.1 Å². The molecule has 3 N–H and O–H groups in total. The number of carbonyl (C=O) groups excluding carboxylic acids is 2. The van der Waals surface area contributed by atoms with E-state index in [1.54, 1.807) is 36.4 Å². The molecule has 0 radical (unpaired) electrons. The highest BCUT2D eigenvalue weighted by atomic mass is 19.4. The summed E-state index contributed by atoms with van der Waals surface area (Å²) in [5.41, 5.74) is 0.585. The summed E-state index contributed by atoms with van der Waals surface area (Å²) >= 11 is 0. The molecular formula is C23H24F3N5O2. The zero-order valence-electron chi connectivity index (χ0n) is 18.3. The molecule has 2 aromatic carbocycles. The van der Waals surface area contributed by atoms with E-state index >= 15 is 0 Å². The van der Waals surface area contributed by atoms with Gasteiger partial charge in [-0.1, -0.05) is 29.8 Å². The van der Waals surface area contributed by atoms with Gasteiger partial charge in [0.1, 0.15) is 0 Å². The van der Waals surface area contributed by atoms with Crippen LogP contribution in [-0.2, 0) is 12.7 Å². The molecule has 0 saturated heterocycles. The van der Waals surface area contributed by atoms with E-state index in [0.29, 0.717) is 11.3 Å². The van der Waals surface area contributed by atoms with Crippen LogP contribution in [0.2, 0.25) is 0 Å². The van der Waals surface area contributed by atoms with Gasteiger partial charge in [-0.25, -0.2) is 9.48 Å². The third-order valence-electron chi connectivity index (χ3n) is 4.65. The van der Waals surface area contributed by atoms with Crippen LogP contribution in [0, 0.1) is 6.92 Å². The molecule has 1 heterocycles. The number of alkyl halides is 3. The SMILES string of the molecule is Cc1ccc(-n2ncc(C(=O)NCc3ccc(NC(=O)NC(C)C)cc3)c2C(F)(F)F)cc1. The molecule has 0 unspecified atom stereocenters. The Morgan fingerprint density at radius 1 is 1.03 bits per heavy atom. The number of benzene rings is 2. The Kier molecular flexibility index (Phi) is 7.05. The second-order valence-electron chi connectivity index (χ2n) is 7.78. The summed E-state index contributed by atoms with van der Waals surface area (Å²) in [7, 11) is 0. The number of anilines is 1. The van der Waals surface area contributed by atoms with Crippen LogP contribution < -0.4 is 16.0 Å². The van der Waals surface area contributed by atoms with Gasteiger partial charge in [0.25, 0.3) is 5.91 Å². The molecule has 3 aromatic rings. The predicted octanol–water partition coefficient (Wildman–Crippen LogP) is 4.66. The fourth-order valence-electron chi connectivity index (χ4n) is 3.08. The molecule has 10 heteroatoms. The average Bonchev–Trinajstić information content (AvgIpc) is 3.19. The fourth-order valence-corrected chi connectivity index (χ4v) is 3.08. The van der Waals surface area contributed by atoms with Crippen molar-refractivity contribution in [1.82, 2.24) is 20.4 Å². The molecule has 0 aliphatic carbocycles. The molecule has 0 aliphatic rings. The lowest BCUT2D eigenvalue weighted by atomic mass is 10.1. The third kappa shape index (κ3) is 6.12. The van der Waals surface area contributed by atoms with E-state index in [-0.39, 0.29) is 24.3 Å². The number of aryl methyl sites for hydroxylation is 1. The molecule has 3 rings (SSSR count). The highest BCUT2D eigenvalue weighted by molar-refractivity contribution is 5.95. The lowest BCUT2D eigenvalue weighted by Gasteiger charge is -2.13. The minimum Gasteiger partial charge on any atom is -0.348 e. The van der Waals surface area contributed by atoms with Crippen molar-refractivity contribution >= 4 is 17.6 Å². The smallest absolute Gasteiger partial charge is 0.348 e. The van der Waals surface area contributed by atoms with Crippen LogP contribution in [0.4, 0.5) is 23.7 Å². The first-order valence-corrected chi connectivity index (χ1v) is 10.2. The van der Waals surface area contributed by atoms with Gasteiger partial charge in [0.2, 0.25) is 0 Å². The lowest BCUT2D eigenvalue weighted by molar-refractivity contribution is -0.143. The fraction of sp³-hybridized carbons (Fsp3) is 0.261. The number of urea groups is 1. The lowest BCUT2D eigenvalue weighted by Crippen LogP contribution is -2.34. The van der Waals surface area contributed by atoms with Crippen molar-refractivity contribution in [3.63, 3.8) is 0 Å². The van der Waals surface area contributed by atoms with Gasteiger partial charge in [0.15, 0.2) is 5.69 Å². The van der Waals surface area contributed by atoms with Gasteiger partial charge < -0.3 is 16.0 Å². The maximum Gasteiger partial charge on any atom is 0.434 e. The third-order valence-corrected chi connectivity index (χ3v) is 4.65. The van der Waals surface area contributed by atoms with Crippen molar-refractivity contribution in [1.29, 1.82) is 0 Å². The van der Waals surface area contributed by atoms with Gasteiger partial charge in [0.05, 0.1) is 17.4 Å². The van der Waals surface area contributed by atoms with Crippen molar-refractivity contribution < 1.29 is 22.8 Å². The average molecular weight is 459 g/mol. The van der Waals surface area contributed by atoms with Crippen molar-refractivity contribution in [3.05, 3.63) is 77.1 Å². The summed E-state index contributed by atoms with van der Waals surface area (Å²) in [6.07, 6.45) is -3.86. The summed E-state index contributed by atoms with van der Waals surface area (Å²) in [5.74, 6) is -0.890. The second-order valence-corrected chi connectivity index (χ2v) is 7.78. The minimum atomic E-state index is -4.78. The van der Waals surface area contributed by atoms with Crippen molar-refractivity contribution in [2.24, 2.45) is 0 Å². The number of carbonyl (C=O) groups is 2. The number of halogens is 3. The Balaban J connectivity index is 1.72. The molecule has 1 aromatic heterocycles. The molecule has 3 amide bonds. The maximum absolute atomic E-state index is 13.8. The van der Waals surface area contributed by atoms with Crippen molar-refractivity contribution in [2.75, 3.05) is 5.32 Å². The monoisotopic (exact) mass is 459 g/mol. The summed E-state index contributed by atoms with van der Waals surface area (Å²) in [6.45, 7) is 5.49. The highest BCUT2D eigenvalue weighted by Gasteiger charge is 2.40. The van der Waals surface area contributed by atoms with E-state index in [1.807, 2.05) is 20.8 Å². The van der Waals surface area contributed by atoms with Crippen LogP contribution in [0.3, 0.4) is 0 Å². The molecule has 0 aliphatic heterocycles. The van der Waals surface area contributed by atoms with Gasteiger partial charge >= 0.3 is 12.2 Å². The Labute approximate surface area is 189 Å². The number of hydrogen-bond acceptors (Lipinski definition) is 3. The van der Waals surface area contributed by atoms with E-state index in [0.717, 1.165) is 16.4 Å². The zero-order chi connectivity index (χ0) is 24.2. The van der Waals surface area contributed by atoms with Gasteiger partial charge in [-0.15, -0.1) is 0 Å². The molecule has 0 bridgehead atoms. The number of amides is 3. The van der Waals surface area contributed by atoms with Crippen LogP contribution in [0.1, 0.15) is 41.0 Å². The normalized spacial score (nSPS) is 11.4. The first kappa shape index (κ1) is 23.8. The first-order valence-electron chi connectivity index (χ1n) is 10.2. The Morgan fingerprint density at radius 3 is 2.24 bits per heavy atom. The first-order chi connectivity index (χ1) is 15.5. The van der Waals surface area contributed by atoms with Crippen molar-refractivity contribution in [2.45, 2.75) is 39.5 Å². The highest BCUT2D eigenvalue weighted by Crippen LogP contribution is 2.33. The van der Waals surface area contributed by atoms with Gasteiger partial charge in [-0.3, -0.25) is 4.79 Å². The summed E-state index contributed by atoms with van der Waals surface area (Å²) in [4.78, 5) is 24.3. The number of aromatic nitrogens is 2. The Morgan fingerprint density at radius 2 is 1.67 bits per heavy atom. The minimum absolute atomic E-state index is 0.00428. The molecule has 33 heavy (non-hydrogen) atoms. The van der Waals surface area contributed by atoms with E-state index in [9.17, 15) is 22.8 Å². The number of hydrogen-bond donors (Lipinski definition) is 3. The van der Waals surface area contributed by atoms with E-state index < -0.39 is 23.3 Å². The van der Waals surface area contributed by atoms with Crippen LogP contribution >= 0.6 is 0 Å². The van der Waals surface area contributed by atoms with E-state index in [2.05, 4.69) is 21.0 Å². The molecule has 0 spiro atoms. The Bertz CT molecular complexity index is 1120. The standard InChI is InChI=1S/C23H24F3N5O2/c1-14(2)29-22(33)30-17-8-6-16(7-9-17)12-27-21(32)19-13-28-31(20(19)23(24,25)26)18-10-4-15(3)5-11-18/h4-11,13-14H,12H2,1-3H3,(H,27,32)(H2,29,30,33). The second kappa shape index (κ2) is 9.76. The van der Waals surface area contributed by atoms with Gasteiger partial charge in [0, 0.05) is 18.3 Å². The van der Waals surface area contributed by atoms with E-state index in [4.69, 9.17) is 0 Å². The predicted molar refractivity (Wildman–Crippen MR) is 118 cm³/mol. The largest absolute Gasteiger partial charge is 0.434 e. The van der Waals surface area contributed by atoms with Gasteiger partial charge in [-0.05, 0) is 50.6 Å². The molecule has 0 atom stereocenters. The molecule has 7 nitrogen and oxygen atoms in total. The van der Waals surface area contributed by atoms with Gasteiger partial charge in [-0.2, -0.15) is 18.3 Å². The van der Waals surface area contributed by atoms with E-state index in [1.165, 1.54) is 12.1 Å². The van der Waals surface area contributed by atoms with Crippen LogP contribution in [0.15, 0.2) is 54.7 Å².